The Bertz CT molecular complexity index is 1050. The van der Waals surface area contributed by atoms with Crippen LogP contribution in [0.2, 0.25) is 0 Å². The Morgan fingerprint density at radius 3 is 2.30 bits per heavy atom. The quantitative estimate of drug-likeness (QED) is 0.537. The lowest BCUT2D eigenvalue weighted by Crippen LogP contribution is -2.36. The summed E-state index contributed by atoms with van der Waals surface area (Å²) in [4.78, 5) is 16.1. The number of amides is 1. The molecule has 0 atom stereocenters. The van der Waals surface area contributed by atoms with E-state index in [-0.39, 0.29) is 16.8 Å². The Morgan fingerprint density at radius 1 is 1.00 bits per heavy atom. The predicted molar refractivity (Wildman–Crippen MR) is 121 cm³/mol. The molecule has 0 aliphatic rings. The van der Waals surface area contributed by atoms with E-state index < -0.39 is 10.0 Å². The summed E-state index contributed by atoms with van der Waals surface area (Å²) < 4.78 is 27.7. The first-order chi connectivity index (χ1) is 14.4. The minimum absolute atomic E-state index is 0.0139. The Hall–Kier alpha value is -2.48. The zero-order valence-electron chi connectivity index (χ0n) is 17.1. The highest BCUT2D eigenvalue weighted by Crippen LogP contribution is 2.16. The van der Waals surface area contributed by atoms with E-state index in [1.54, 1.807) is 28.4 Å². The molecule has 0 aliphatic carbocycles. The molecule has 1 aromatic heterocycles. The van der Waals surface area contributed by atoms with Gasteiger partial charge in [0.05, 0.1) is 4.90 Å². The number of carbonyl (C=O) groups excluding carboxylic acids is 1. The van der Waals surface area contributed by atoms with E-state index in [0.717, 1.165) is 10.4 Å². The van der Waals surface area contributed by atoms with Crippen molar-refractivity contribution in [1.29, 1.82) is 0 Å². The molecular formula is C23H26N2O3S2. The Labute approximate surface area is 182 Å². The molecule has 3 aromatic rings. The van der Waals surface area contributed by atoms with E-state index in [1.807, 2.05) is 61.7 Å². The van der Waals surface area contributed by atoms with Crippen molar-refractivity contribution in [2.75, 3.05) is 6.54 Å². The van der Waals surface area contributed by atoms with Gasteiger partial charge in [-0.15, -0.1) is 11.3 Å². The van der Waals surface area contributed by atoms with Crippen LogP contribution >= 0.6 is 11.3 Å². The minimum atomic E-state index is -3.61. The second-order valence-corrected chi connectivity index (χ2v) is 10.1. The van der Waals surface area contributed by atoms with Crippen LogP contribution < -0.4 is 4.72 Å². The summed E-state index contributed by atoms with van der Waals surface area (Å²) >= 11 is 1.60. The van der Waals surface area contributed by atoms with Gasteiger partial charge in [-0.25, -0.2) is 13.1 Å². The van der Waals surface area contributed by atoms with E-state index in [1.165, 1.54) is 12.1 Å². The molecule has 1 amide bonds. The number of rotatable bonds is 9. The summed E-state index contributed by atoms with van der Waals surface area (Å²) in [7, 11) is -3.61. The van der Waals surface area contributed by atoms with Gasteiger partial charge in [0.2, 0.25) is 10.0 Å². The monoisotopic (exact) mass is 442 g/mol. The lowest BCUT2D eigenvalue weighted by molar-refractivity contribution is 0.0690. The van der Waals surface area contributed by atoms with Crippen LogP contribution in [0.25, 0.3) is 0 Å². The van der Waals surface area contributed by atoms with Crippen molar-refractivity contribution in [3.05, 3.63) is 88.1 Å². The van der Waals surface area contributed by atoms with E-state index in [2.05, 4.69) is 4.72 Å². The summed E-state index contributed by atoms with van der Waals surface area (Å²) in [5.41, 5.74) is 1.52. The minimum Gasteiger partial charge on any atom is -0.332 e. The van der Waals surface area contributed by atoms with Crippen LogP contribution in [0.5, 0.6) is 0 Å². The van der Waals surface area contributed by atoms with E-state index in [9.17, 15) is 13.2 Å². The van der Waals surface area contributed by atoms with Crippen molar-refractivity contribution in [3.8, 4) is 0 Å². The lowest BCUT2D eigenvalue weighted by Gasteiger charge is -2.27. The first-order valence-corrected chi connectivity index (χ1v) is 12.2. The predicted octanol–water partition coefficient (Wildman–Crippen LogP) is 4.32. The van der Waals surface area contributed by atoms with Gasteiger partial charge in [0, 0.05) is 29.6 Å². The zero-order valence-corrected chi connectivity index (χ0v) is 18.7. The van der Waals surface area contributed by atoms with Crippen LogP contribution in [-0.2, 0) is 23.0 Å². The van der Waals surface area contributed by atoms with Crippen molar-refractivity contribution in [3.63, 3.8) is 0 Å². The third kappa shape index (κ3) is 5.78. The van der Waals surface area contributed by atoms with Crippen molar-refractivity contribution in [1.82, 2.24) is 9.62 Å². The highest BCUT2D eigenvalue weighted by molar-refractivity contribution is 7.89. The van der Waals surface area contributed by atoms with Crippen LogP contribution in [0.15, 0.2) is 77.0 Å². The van der Waals surface area contributed by atoms with Gasteiger partial charge in [-0.05, 0) is 61.5 Å². The molecule has 2 aromatic carbocycles. The van der Waals surface area contributed by atoms with E-state index >= 15 is 0 Å². The maximum atomic E-state index is 13.0. The molecular weight excluding hydrogens is 416 g/mol. The number of thiophene rings is 1. The SMILES string of the molecule is CC(C)N(Cc1ccccc1)C(=O)c1ccc(S(=O)(=O)NCCc2cccs2)cc1. The third-order valence-electron chi connectivity index (χ3n) is 4.74. The molecule has 1 N–H and O–H groups in total. The summed E-state index contributed by atoms with van der Waals surface area (Å²) in [5, 5.41) is 1.97. The van der Waals surface area contributed by atoms with Gasteiger partial charge in [-0.3, -0.25) is 4.79 Å². The molecule has 0 radical (unpaired) electrons. The number of nitrogens with zero attached hydrogens (tertiary/aromatic N) is 1. The fourth-order valence-corrected chi connectivity index (χ4v) is 4.80. The topological polar surface area (TPSA) is 66.5 Å². The van der Waals surface area contributed by atoms with Crippen LogP contribution in [0.4, 0.5) is 0 Å². The Kier molecular flexibility index (Phi) is 7.42. The van der Waals surface area contributed by atoms with Crippen molar-refractivity contribution >= 4 is 27.3 Å². The van der Waals surface area contributed by atoms with Crippen LogP contribution in [-0.4, -0.2) is 31.8 Å². The maximum Gasteiger partial charge on any atom is 0.254 e. The highest BCUT2D eigenvalue weighted by atomic mass is 32.2. The van der Waals surface area contributed by atoms with Gasteiger partial charge in [0.1, 0.15) is 0 Å². The number of hydrogen-bond donors (Lipinski definition) is 1. The van der Waals surface area contributed by atoms with Crippen LogP contribution in [0.3, 0.4) is 0 Å². The number of sulfonamides is 1. The molecule has 0 saturated heterocycles. The molecule has 0 bridgehead atoms. The largest absolute Gasteiger partial charge is 0.332 e. The number of hydrogen-bond acceptors (Lipinski definition) is 4. The molecule has 1 heterocycles. The zero-order chi connectivity index (χ0) is 21.6. The highest BCUT2D eigenvalue weighted by Gasteiger charge is 2.20. The van der Waals surface area contributed by atoms with E-state index in [4.69, 9.17) is 0 Å². The summed E-state index contributed by atoms with van der Waals surface area (Å²) in [6.45, 7) is 4.78. The number of carbonyl (C=O) groups is 1. The first kappa shape index (κ1) is 22.2. The van der Waals surface area contributed by atoms with Gasteiger partial charge >= 0.3 is 0 Å². The fourth-order valence-electron chi connectivity index (χ4n) is 3.06. The summed E-state index contributed by atoms with van der Waals surface area (Å²) in [6.07, 6.45) is 0.649. The number of nitrogens with one attached hydrogen (secondary N) is 1. The second-order valence-electron chi connectivity index (χ2n) is 7.26. The summed E-state index contributed by atoms with van der Waals surface area (Å²) in [5.74, 6) is -0.122. The van der Waals surface area contributed by atoms with Gasteiger partial charge in [0.15, 0.2) is 0 Å². The molecule has 0 saturated carbocycles. The van der Waals surface area contributed by atoms with E-state index in [0.29, 0.717) is 25.1 Å². The summed E-state index contributed by atoms with van der Waals surface area (Å²) in [6, 6.07) is 19.9. The maximum absolute atomic E-state index is 13.0. The van der Waals surface area contributed by atoms with Gasteiger partial charge in [0.25, 0.3) is 5.91 Å². The fraction of sp³-hybridized carbons (Fsp3) is 0.261. The molecule has 0 fully saturated rings. The van der Waals surface area contributed by atoms with Gasteiger partial charge < -0.3 is 4.90 Å². The molecule has 3 rings (SSSR count). The molecule has 0 unspecified atom stereocenters. The average molecular weight is 443 g/mol. The Morgan fingerprint density at radius 2 is 1.70 bits per heavy atom. The van der Waals surface area contributed by atoms with Crippen molar-refractivity contribution in [2.24, 2.45) is 0 Å². The molecule has 30 heavy (non-hydrogen) atoms. The second kappa shape index (κ2) is 10.0. The average Bonchev–Trinajstić information content (AvgIpc) is 3.25. The van der Waals surface area contributed by atoms with Crippen molar-refractivity contribution in [2.45, 2.75) is 37.8 Å². The molecule has 7 heteroatoms. The first-order valence-electron chi connectivity index (χ1n) is 9.84. The van der Waals surface area contributed by atoms with Gasteiger partial charge in [-0.2, -0.15) is 0 Å². The number of benzene rings is 2. The molecule has 5 nitrogen and oxygen atoms in total. The Balaban J connectivity index is 1.67. The molecule has 158 valence electrons. The lowest BCUT2D eigenvalue weighted by atomic mass is 10.1. The normalized spacial score (nSPS) is 11.6. The molecule has 0 spiro atoms. The third-order valence-corrected chi connectivity index (χ3v) is 7.15. The van der Waals surface area contributed by atoms with Crippen LogP contribution in [0, 0.1) is 0 Å². The van der Waals surface area contributed by atoms with Crippen LogP contribution in [0.1, 0.15) is 34.6 Å². The molecule has 0 aliphatic heterocycles. The standard InChI is InChI=1S/C23H26N2O3S2/c1-18(2)25(17-19-7-4-3-5-8-19)23(26)20-10-12-22(13-11-20)30(27,28)24-15-14-21-9-6-16-29-21/h3-13,16,18,24H,14-15,17H2,1-2H3. The smallest absolute Gasteiger partial charge is 0.254 e. The van der Waals surface area contributed by atoms with Gasteiger partial charge in [-0.1, -0.05) is 36.4 Å². The van der Waals surface area contributed by atoms with Crippen molar-refractivity contribution < 1.29 is 13.2 Å².